The van der Waals surface area contributed by atoms with Gasteiger partial charge >= 0.3 is 39.5 Å². The number of unbranched alkanes of at least 4 members (excludes halogenated alkanes) is 38. The fourth-order valence-corrected chi connectivity index (χ4v) is 13.0. The van der Waals surface area contributed by atoms with Gasteiger partial charge in [0, 0.05) is 25.7 Å². The number of esters is 4. The van der Waals surface area contributed by atoms with E-state index in [1.807, 2.05) is 0 Å². The topological polar surface area (TPSA) is 237 Å². The molecule has 17 nitrogen and oxygen atoms in total. The largest absolute Gasteiger partial charge is 0.472 e. The van der Waals surface area contributed by atoms with Crippen LogP contribution in [0.3, 0.4) is 0 Å². The number of aliphatic hydroxyl groups excluding tert-OH is 1. The van der Waals surface area contributed by atoms with E-state index in [1.54, 1.807) is 0 Å². The smallest absolute Gasteiger partial charge is 0.462 e. The minimum atomic E-state index is -4.96. The van der Waals surface area contributed by atoms with Crippen molar-refractivity contribution in [3.05, 3.63) is 0 Å². The van der Waals surface area contributed by atoms with Crippen molar-refractivity contribution in [3.8, 4) is 0 Å². The molecule has 0 bridgehead atoms. The lowest BCUT2D eigenvalue weighted by molar-refractivity contribution is -0.161. The van der Waals surface area contributed by atoms with E-state index >= 15 is 0 Å². The Bertz CT molecular complexity index is 1850. The molecule has 19 heteroatoms. The van der Waals surface area contributed by atoms with Crippen molar-refractivity contribution in [2.75, 3.05) is 39.6 Å². The van der Waals surface area contributed by atoms with Crippen LogP contribution in [0.15, 0.2) is 0 Å². The van der Waals surface area contributed by atoms with Crippen LogP contribution >= 0.6 is 15.6 Å². The fraction of sp³-hybridized carbons (Fsp3) is 0.947. The van der Waals surface area contributed by atoms with Gasteiger partial charge in [0.05, 0.1) is 26.4 Å². The number of phosphoric acid groups is 2. The number of hydrogen-bond donors (Lipinski definition) is 3. The maximum atomic E-state index is 13.1. The third-order valence-electron chi connectivity index (χ3n) is 17.3. The molecule has 558 valence electrons. The van der Waals surface area contributed by atoms with Crippen LogP contribution in [0.1, 0.15) is 376 Å². The van der Waals surface area contributed by atoms with Crippen molar-refractivity contribution in [1.29, 1.82) is 0 Å². The van der Waals surface area contributed by atoms with Crippen LogP contribution in [0.2, 0.25) is 0 Å². The average molecular weight is 1380 g/mol. The zero-order chi connectivity index (χ0) is 69.6. The van der Waals surface area contributed by atoms with Gasteiger partial charge in [0.1, 0.15) is 19.3 Å². The Morgan fingerprint density at radius 2 is 0.447 bits per heavy atom. The molecular weight excluding hydrogens is 1230 g/mol. The Labute approximate surface area is 575 Å². The van der Waals surface area contributed by atoms with Gasteiger partial charge in [-0.1, -0.05) is 325 Å². The fourth-order valence-electron chi connectivity index (χ4n) is 11.4. The average Bonchev–Trinajstić information content (AvgIpc) is 3.05. The van der Waals surface area contributed by atoms with E-state index in [9.17, 15) is 43.2 Å². The SMILES string of the molecule is CC(C)CCCCCCCCCCCCCCCCC(=O)OC[C@H](COP(=O)(O)OC[C@@H](O)COP(=O)(O)OC[C@@H](COC(=O)CCCCCCCCC(C)C)OC(=O)CCCCCCCCCCCCC(C)C)OC(=O)CCCCCCCCCCCCCCC(C)C. The summed E-state index contributed by atoms with van der Waals surface area (Å²) in [7, 11) is -9.91. The Hall–Kier alpha value is -1.94. The standard InChI is InChI=1S/C75H146O17P2/c1-65(2)51-43-35-27-21-15-11-9-10-12-17-24-30-39-47-55-72(77)85-61-70(91-74(79)57-49-41-31-25-18-14-13-16-22-28-36-44-52-66(3)4)63-89-93(81,82)87-59-69(76)60-88-94(83,84)90-64-71(62-86-73(78)56-48-40-34-33-38-46-54-68(7)8)92-75(80)58-50-42-32-26-20-19-23-29-37-45-53-67(5)6/h65-71,76H,9-64H2,1-8H3,(H,81,82)(H,83,84)/t69-,70-,71-/m1/s1. The van der Waals surface area contributed by atoms with Crippen LogP contribution in [-0.4, -0.2) is 96.7 Å². The van der Waals surface area contributed by atoms with E-state index < -0.39 is 97.5 Å². The third kappa shape index (κ3) is 68.6. The lowest BCUT2D eigenvalue weighted by Gasteiger charge is -2.21. The molecule has 0 aliphatic carbocycles. The third-order valence-corrected chi connectivity index (χ3v) is 19.2. The summed E-state index contributed by atoms with van der Waals surface area (Å²) >= 11 is 0. The van der Waals surface area contributed by atoms with Crippen molar-refractivity contribution in [2.45, 2.75) is 395 Å². The van der Waals surface area contributed by atoms with Crippen LogP contribution in [0.5, 0.6) is 0 Å². The van der Waals surface area contributed by atoms with Crippen LogP contribution in [-0.2, 0) is 65.4 Å². The summed E-state index contributed by atoms with van der Waals surface area (Å²) in [4.78, 5) is 72.7. The molecule has 0 aliphatic rings. The number of carbonyl (C=O) groups excluding carboxylic acids is 4. The number of rotatable bonds is 72. The summed E-state index contributed by atoms with van der Waals surface area (Å²) in [5.41, 5.74) is 0. The van der Waals surface area contributed by atoms with E-state index in [0.717, 1.165) is 114 Å². The molecule has 0 aromatic heterocycles. The second-order valence-electron chi connectivity index (χ2n) is 28.9. The van der Waals surface area contributed by atoms with Crippen molar-refractivity contribution in [1.82, 2.24) is 0 Å². The minimum absolute atomic E-state index is 0.104. The highest BCUT2D eigenvalue weighted by Crippen LogP contribution is 2.45. The Morgan fingerprint density at radius 1 is 0.266 bits per heavy atom. The molecular formula is C75H146O17P2. The van der Waals surface area contributed by atoms with Gasteiger partial charge in [0.25, 0.3) is 0 Å². The highest BCUT2D eigenvalue weighted by Gasteiger charge is 2.30. The molecule has 0 aromatic carbocycles. The second-order valence-corrected chi connectivity index (χ2v) is 31.9. The first kappa shape index (κ1) is 92.1. The zero-order valence-corrected chi connectivity index (χ0v) is 63.4. The quantitative estimate of drug-likeness (QED) is 0.0222. The van der Waals surface area contributed by atoms with Gasteiger partial charge < -0.3 is 33.8 Å². The van der Waals surface area contributed by atoms with E-state index in [-0.39, 0.29) is 25.7 Å². The number of hydrogen-bond acceptors (Lipinski definition) is 15. The van der Waals surface area contributed by atoms with Crippen LogP contribution in [0.25, 0.3) is 0 Å². The molecule has 0 heterocycles. The molecule has 94 heavy (non-hydrogen) atoms. The van der Waals surface area contributed by atoms with Gasteiger partial charge in [-0.05, 0) is 49.4 Å². The van der Waals surface area contributed by atoms with Crippen molar-refractivity contribution in [3.63, 3.8) is 0 Å². The second kappa shape index (κ2) is 64.4. The number of phosphoric ester groups is 2. The summed E-state index contributed by atoms with van der Waals surface area (Å²) in [5.74, 6) is 0.884. The van der Waals surface area contributed by atoms with E-state index in [1.165, 1.54) is 173 Å². The van der Waals surface area contributed by atoms with Gasteiger partial charge in [0.2, 0.25) is 0 Å². The molecule has 0 aromatic rings. The molecule has 2 unspecified atom stereocenters. The minimum Gasteiger partial charge on any atom is -0.462 e. The predicted octanol–water partition coefficient (Wildman–Crippen LogP) is 21.7. The van der Waals surface area contributed by atoms with E-state index in [2.05, 4.69) is 55.4 Å². The summed E-state index contributed by atoms with van der Waals surface area (Å²) < 4.78 is 68.5. The maximum Gasteiger partial charge on any atom is 0.472 e. The van der Waals surface area contributed by atoms with Gasteiger partial charge in [0.15, 0.2) is 12.2 Å². The zero-order valence-electron chi connectivity index (χ0n) is 61.6. The Kier molecular flexibility index (Phi) is 63.1. The molecule has 0 aliphatic heterocycles. The first-order chi connectivity index (χ1) is 45.1. The molecule has 0 fully saturated rings. The summed E-state index contributed by atoms with van der Waals surface area (Å²) in [6.07, 6.45) is 48.7. The van der Waals surface area contributed by atoms with Crippen LogP contribution in [0.4, 0.5) is 0 Å². The lowest BCUT2D eigenvalue weighted by atomic mass is 10.0. The Morgan fingerprint density at radius 3 is 0.660 bits per heavy atom. The first-order valence-electron chi connectivity index (χ1n) is 38.7. The summed E-state index contributed by atoms with van der Waals surface area (Å²) in [6, 6.07) is 0. The van der Waals surface area contributed by atoms with E-state index in [4.69, 9.17) is 37.0 Å². The molecule has 3 N–H and O–H groups in total. The highest BCUT2D eigenvalue weighted by atomic mass is 31.2. The monoisotopic (exact) mass is 1380 g/mol. The van der Waals surface area contributed by atoms with Gasteiger partial charge in [-0.15, -0.1) is 0 Å². The molecule has 5 atom stereocenters. The van der Waals surface area contributed by atoms with Crippen LogP contribution < -0.4 is 0 Å². The van der Waals surface area contributed by atoms with Crippen LogP contribution in [0, 0.1) is 23.7 Å². The number of aliphatic hydroxyl groups is 1. The van der Waals surface area contributed by atoms with Gasteiger partial charge in [-0.2, -0.15) is 0 Å². The van der Waals surface area contributed by atoms with Gasteiger partial charge in [-0.25, -0.2) is 9.13 Å². The number of carbonyl (C=O) groups is 4. The summed E-state index contributed by atoms with van der Waals surface area (Å²) in [6.45, 7) is 14.1. The lowest BCUT2D eigenvalue weighted by Crippen LogP contribution is -2.30. The maximum absolute atomic E-state index is 13.1. The molecule has 0 saturated heterocycles. The predicted molar refractivity (Wildman–Crippen MR) is 381 cm³/mol. The Balaban J connectivity index is 5.24. The first-order valence-corrected chi connectivity index (χ1v) is 41.7. The van der Waals surface area contributed by atoms with Crippen molar-refractivity contribution in [2.24, 2.45) is 23.7 Å². The van der Waals surface area contributed by atoms with Crippen molar-refractivity contribution < 1.29 is 80.2 Å². The molecule has 0 spiro atoms. The number of ether oxygens (including phenoxy) is 4. The van der Waals surface area contributed by atoms with Crippen molar-refractivity contribution >= 4 is 39.5 Å². The summed E-state index contributed by atoms with van der Waals surface area (Å²) in [5, 5.41) is 10.6. The molecule has 0 radical (unpaired) electrons. The normalized spacial score (nSPS) is 14.2. The van der Waals surface area contributed by atoms with Gasteiger partial charge in [-0.3, -0.25) is 37.3 Å². The highest BCUT2D eigenvalue weighted by molar-refractivity contribution is 7.47. The molecule has 0 saturated carbocycles. The van der Waals surface area contributed by atoms with E-state index in [0.29, 0.717) is 31.6 Å². The molecule has 0 rings (SSSR count). The molecule has 0 amide bonds.